The molecule has 7 nitrogen and oxygen atoms in total. The molecule has 3 aromatic rings. The molecule has 1 aromatic heterocycles. The van der Waals surface area contributed by atoms with Gasteiger partial charge in [-0.25, -0.2) is 13.4 Å². The van der Waals surface area contributed by atoms with E-state index in [1.807, 2.05) is 18.2 Å². The number of sulfone groups is 1. The van der Waals surface area contributed by atoms with Crippen LogP contribution in [-0.2, 0) is 21.1 Å². The summed E-state index contributed by atoms with van der Waals surface area (Å²) in [5.41, 5.74) is 2.42. The number of thiazole rings is 1. The predicted octanol–water partition coefficient (Wildman–Crippen LogP) is 2.63. The molecular weight excluding hydrogens is 420 g/mol. The summed E-state index contributed by atoms with van der Waals surface area (Å²) in [4.78, 5) is 22.0. The van der Waals surface area contributed by atoms with Crippen LogP contribution in [-0.4, -0.2) is 63.7 Å². The normalized spacial score (nSPS) is 15.5. The summed E-state index contributed by atoms with van der Waals surface area (Å²) in [6, 6.07) is 12.2. The molecule has 0 atom stereocenters. The molecule has 1 saturated heterocycles. The number of hydrogen-bond acceptors (Lipinski definition) is 7. The van der Waals surface area contributed by atoms with Crippen LogP contribution in [0.5, 0.6) is 0 Å². The number of nitrogens with zero attached hydrogens (tertiary/aromatic N) is 3. The number of carbonyl (C=O) groups excluding carboxylic acids is 1. The van der Waals surface area contributed by atoms with E-state index in [-0.39, 0.29) is 17.2 Å². The van der Waals surface area contributed by atoms with Crippen LogP contribution >= 0.6 is 11.3 Å². The molecule has 0 bridgehead atoms. The van der Waals surface area contributed by atoms with Gasteiger partial charge in [0, 0.05) is 38.1 Å². The summed E-state index contributed by atoms with van der Waals surface area (Å²) in [5.74, 6) is -0.148. The zero-order valence-corrected chi connectivity index (χ0v) is 18.6. The van der Waals surface area contributed by atoms with Crippen LogP contribution in [0.2, 0.25) is 0 Å². The second-order valence-corrected chi connectivity index (χ2v) is 10.6. The number of piperazine rings is 1. The number of benzene rings is 2. The highest BCUT2D eigenvalue weighted by atomic mass is 32.2. The topological polar surface area (TPSA) is 82.6 Å². The highest BCUT2D eigenvalue weighted by Crippen LogP contribution is 2.31. The third-order valence-electron chi connectivity index (χ3n) is 5.15. The number of aromatic nitrogens is 1. The van der Waals surface area contributed by atoms with Crippen molar-refractivity contribution in [2.45, 2.75) is 11.3 Å². The molecular formula is C21H24N4O3S2. The Morgan fingerprint density at radius 1 is 1.10 bits per heavy atom. The molecule has 0 unspecified atom stereocenters. The first-order chi connectivity index (χ1) is 14.3. The molecule has 9 heteroatoms. The maximum absolute atomic E-state index is 12.4. The van der Waals surface area contributed by atoms with E-state index in [0.29, 0.717) is 0 Å². The average Bonchev–Trinajstić information content (AvgIpc) is 3.11. The zero-order chi connectivity index (χ0) is 21.3. The van der Waals surface area contributed by atoms with E-state index < -0.39 is 9.84 Å². The summed E-state index contributed by atoms with van der Waals surface area (Å²) in [6.07, 6.45) is 1.34. The van der Waals surface area contributed by atoms with Gasteiger partial charge in [0.25, 0.3) is 0 Å². The second kappa shape index (κ2) is 8.33. The molecule has 1 aliphatic rings. The first kappa shape index (κ1) is 20.8. The lowest BCUT2D eigenvalue weighted by Crippen LogP contribution is -2.44. The lowest BCUT2D eigenvalue weighted by atomic mass is 10.1. The maximum Gasteiger partial charge on any atom is 0.228 e. The minimum atomic E-state index is -3.24. The van der Waals surface area contributed by atoms with Gasteiger partial charge in [-0.2, -0.15) is 0 Å². The van der Waals surface area contributed by atoms with Crippen molar-refractivity contribution in [3.8, 4) is 0 Å². The monoisotopic (exact) mass is 444 g/mol. The fourth-order valence-corrected chi connectivity index (χ4v) is 5.06. The van der Waals surface area contributed by atoms with Crippen LogP contribution in [0.4, 0.5) is 10.8 Å². The van der Waals surface area contributed by atoms with Crippen molar-refractivity contribution in [1.29, 1.82) is 0 Å². The number of nitrogens with one attached hydrogen (secondary N) is 1. The molecule has 1 aliphatic heterocycles. The number of amides is 1. The second-order valence-electron chi connectivity index (χ2n) is 7.61. The van der Waals surface area contributed by atoms with E-state index in [9.17, 15) is 13.2 Å². The van der Waals surface area contributed by atoms with Gasteiger partial charge in [0.05, 0.1) is 21.5 Å². The number of carbonyl (C=O) groups is 1. The SMILES string of the molecule is CN1CCN(c2nc3ccc(NC(=O)Cc4ccc(S(C)(=O)=O)cc4)cc3s2)CC1. The Morgan fingerprint density at radius 3 is 2.47 bits per heavy atom. The minimum absolute atomic E-state index is 0.148. The summed E-state index contributed by atoms with van der Waals surface area (Å²) in [6.45, 7) is 4.00. The summed E-state index contributed by atoms with van der Waals surface area (Å²) < 4.78 is 24.1. The molecule has 0 saturated carbocycles. The predicted molar refractivity (Wildman–Crippen MR) is 121 cm³/mol. The fourth-order valence-electron chi connectivity index (χ4n) is 3.37. The standard InChI is InChI=1S/C21H24N4O3S2/c1-24-9-11-25(12-10-24)21-23-18-8-5-16(14-19(18)29-21)22-20(26)13-15-3-6-17(7-4-15)30(2,27)28/h3-8,14H,9-13H2,1-2H3,(H,22,26). The molecule has 30 heavy (non-hydrogen) atoms. The highest BCUT2D eigenvalue weighted by Gasteiger charge is 2.18. The fraction of sp³-hybridized carbons (Fsp3) is 0.333. The Bertz CT molecular complexity index is 1160. The lowest BCUT2D eigenvalue weighted by Gasteiger charge is -2.31. The molecule has 1 N–H and O–H groups in total. The van der Waals surface area contributed by atoms with Crippen LogP contribution < -0.4 is 10.2 Å². The Labute approximate surface area is 180 Å². The van der Waals surface area contributed by atoms with E-state index in [2.05, 4.69) is 22.2 Å². The average molecular weight is 445 g/mol. The number of likely N-dealkylation sites (N-methyl/N-ethyl adjacent to an activating group) is 1. The maximum atomic E-state index is 12.4. The van der Waals surface area contributed by atoms with Crippen LogP contribution in [0.1, 0.15) is 5.56 Å². The Morgan fingerprint density at radius 2 is 1.80 bits per heavy atom. The third-order valence-corrected chi connectivity index (χ3v) is 7.36. The van der Waals surface area contributed by atoms with E-state index in [1.54, 1.807) is 23.5 Å². The van der Waals surface area contributed by atoms with Gasteiger partial charge in [-0.1, -0.05) is 23.5 Å². The van der Waals surface area contributed by atoms with E-state index in [4.69, 9.17) is 4.98 Å². The van der Waals surface area contributed by atoms with Crippen molar-refractivity contribution >= 4 is 48.1 Å². The molecule has 2 aromatic carbocycles. The van der Waals surface area contributed by atoms with E-state index in [1.165, 1.54) is 18.4 Å². The van der Waals surface area contributed by atoms with Gasteiger partial charge in [-0.15, -0.1) is 0 Å². The van der Waals surface area contributed by atoms with E-state index in [0.717, 1.165) is 52.8 Å². The molecule has 0 aliphatic carbocycles. The zero-order valence-electron chi connectivity index (χ0n) is 17.0. The van der Waals surface area contributed by atoms with Crippen LogP contribution in [0.25, 0.3) is 10.2 Å². The van der Waals surface area contributed by atoms with Crippen molar-refractivity contribution in [3.05, 3.63) is 48.0 Å². The largest absolute Gasteiger partial charge is 0.345 e. The minimum Gasteiger partial charge on any atom is -0.345 e. The Balaban J connectivity index is 1.42. The molecule has 0 spiro atoms. The van der Waals surface area contributed by atoms with Crippen molar-refractivity contribution in [2.24, 2.45) is 0 Å². The molecule has 1 amide bonds. The number of anilines is 2. The quantitative estimate of drug-likeness (QED) is 0.652. The van der Waals surface area contributed by atoms with Gasteiger partial charge in [0.15, 0.2) is 15.0 Å². The van der Waals surface area contributed by atoms with Gasteiger partial charge in [-0.05, 0) is 42.9 Å². The summed E-state index contributed by atoms with van der Waals surface area (Å²) >= 11 is 1.64. The molecule has 2 heterocycles. The van der Waals surface area contributed by atoms with E-state index >= 15 is 0 Å². The number of fused-ring (bicyclic) bond motifs is 1. The van der Waals surface area contributed by atoms with Crippen molar-refractivity contribution in [2.75, 3.05) is 49.7 Å². The first-order valence-electron chi connectivity index (χ1n) is 9.71. The summed E-state index contributed by atoms with van der Waals surface area (Å²) in [7, 11) is -1.11. The smallest absolute Gasteiger partial charge is 0.228 e. The number of hydrogen-bond donors (Lipinski definition) is 1. The Hall–Kier alpha value is -2.49. The van der Waals surface area contributed by atoms with Gasteiger partial charge in [0.1, 0.15) is 0 Å². The van der Waals surface area contributed by atoms with Gasteiger partial charge >= 0.3 is 0 Å². The van der Waals surface area contributed by atoms with Gasteiger partial charge in [-0.3, -0.25) is 4.79 Å². The molecule has 1 fully saturated rings. The Kier molecular flexibility index (Phi) is 5.77. The van der Waals surface area contributed by atoms with Crippen molar-refractivity contribution in [1.82, 2.24) is 9.88 Å². The number of rotatable bonds is 5. The van der Waals surface area contributed by atoms with Gasteiger partial charge < -0.3 is 15.1 Å². The van der Waals surface area contributed by atoms with Crippen molar-refractivity contribution < 1.29 is 13.2 Å². The first-order valence-corrected chi connectivity index (χ1v) is 12.4. The van der Waals surface area contributed by atoms with Crippen molar-refractivity contribution in [3.63, 3.8) is 0 Å². The molecule has 0 radical (unpaired) electrons. The van der Waals surface area contributed by atoms with Crippen LogP contribution in [0.15, 0.2) is 47.4 Å². The van der Waals surface area contributed by atoms with Gasteiger partial charge in [0.2, 0.25) is 5.91 Å². The van der Waals surface area contributed by atoms with Crippen LogP contribution in [0, 0.1) is 0 Å². The highest BCUT2D eigenvalue weighted by molar-refractivity contribution is 7.90. The lowest BCUT2D eigenvalue weighted by molar-refractivity contribution is -0.115. The third kappa shape index (κ3) is 4.80. The summed E-state index contributed by atoms with van der Waals surface area (Å²) in [5, 5.41) is 3.94. The molecule has 4 rings (SSSR count). The van der Waals surface area contributed by atoms with Crippen LogP contribution in [0.3, 0.4) is 0 Å². The molecule has 158 valence electrons.